The molecule has 0 amide bonds. The molecule has 3 heteroatoms. The number of aliphatic hydroxyl groups is 1. The maximum atomic E-state index is 8.76. The average molecular weight is 225 g/mol. The van der Waals surface area contributed by atoms with E-state index in [1.165, 1.54) is 5.56 Å². The summed E-state index contributed by atoms with van der Waals surface area (Å²) in [5, 5.41) is 9.30. The monoisotopic (exact) mass is 225 g/mol. The molecule has 1 rings (SSSR count). The van der Waals surface area contributed by atoms with Crippen LogP contribution in [0, 0.1) is 0 Å². The van der Waals surface area contributed by atoms with Gasteiger partial charge in [0.05, 0.1) is 0 Å². The molecule has 0 saturated carbocycles. The van der Waals surface area contributed by atoms with E-state index in [0.29, 0.717) is 5.25 Å². The number of nitrogen functional groups attached to an aromatic ring is 1. The van der Waals surface area contributed by atoms with Gasteiger partial charge in [-0.2, -0.15) is 11.8 Å². The van der Waals surface area contributed by atoms with E-state index in [0.717, 1.165) is 24.3 Å². The highest BCUT2D eigenvalue weighted by Gasteiger charge is 2.01. The SMILES string of the molecule is CC(CCO)SCCc1ccc(N)cc1. The highest BCUT2D eigenvalue weighted by atomic mass is 32.2. The molecular formula is C12H19NOS. The normalized spacial score (nSPS) is 12.7. The minimum Gasteiger partial charge on any atom is -0.399 e. The summed E-state index contributed by atoms with van der Waals surface area (Å²) in [5.41, 5.74) is 7.76. The number of hydrogen-bond donors (Lipinski definition) is 2. The fourth-order valence-corrected chi connectivity index (χ4v) is 2.36. The van der Waals surface area contributed by atoms with E-state index in [2.05, 4.69) is 19.1 Å². The predicted octanol–water partition coefficient (Wildman–Crippen LogP) is 2.32. The molecule has 2 nitrogen and oxygen atoms in total. The first kappa shape index (κ1) is 12.4. The summed E-state index contributed by atoms with van der Waals surface area (Å²) in [7, 11) is 0. The van der Waals surface area contributed by atoms with Crippen LogP contribution in [0.3, 0.4) is 0 Å². The molecule has 0 spiro atoms. The number of rotatable bonds is 6. The van der Waals surface area contributed by atoms with E-state index >= 15 is 0 Å². The Morgan fingerprint density at radius 1 is 1.33 bits per heavy atom. The number of thioether (sulfide) groups is 1. The zero-order valence-corrected chi connectivity index (χ0v) is 9.96. The van der Waals surface area contributed by atoms with E-state index < -0.39 is 0 Å². The van der Waals surface area contributed by atoms with Crippen LogP contribution in [0.2, 0.25) is 0 Å². The molecule has 0 aliphatic rings. The summed E-state index contributed by atoms with van der Waals surface area (Å²) in [6, 6.07) is 8.04. The Balaban J connectivity index is 2.22. The predicted molar refractivity (Wildman–Crippen MR) is 68.2 cm³/mol. The number of aliphatic hydroxyl groups excluding tert-OH is 1. The van der Waals surface area contributed by atoms with Gasteiger partial charge in [-0.05, 0) is 36.3 Å². The number of aryl methyl sites for hydroxylation is 1. The fourth-order valence-electron chi connectivity index (χ4n) is 1.33. The second-order valence-electron chi connectivity index (χ2n) is 3.69. The minimum absolute atomic E-state index is 0.288. The molecule has 1 aromatic carbocycles. The molecule has 0 bridgehead atoms. The molecule has 0 aliphatic heterocycles. The van der Waals surface area contributed by atoms with Crippen molar-refractivity contribution in [2.75, 3.05) is 18.1 Å². The van der Waals surface area contributed by atoms with Gasteiger partial charge in [0, 0.05) is 17.5 Å². The summed E-state index contributed by atoms with van der Waals surface area (Å²) < 4.78 is 0. The molecule has 0 fully saturated rings. The Morgan fingerprint density at radius 3 is 2.60 bits per heavy atom. The maximum Gasteiger partial charge on any atom is 0.0441 e. The third-order valence-electron chi connectivity index (χ3n) is 2.31. The molecule has 84 valence electrons. The van der Waals surface area contributed by atoms with Gasteiger partial charge in [0.1, 0.15) is 0 Å². The molecular weight excluding hydrogens is 206 g/mol. The van der Waals surface area contributed by atoms with Crippen molar-refractivity contribution in [2.24, 2.45) is 0 Å². The Kier molecular flexibility index (Phi) is 5.58. The maximum absolute atomic E-state index is 8.76. The van der Waals surface area contributed by atoms with Crippen LogP contribution in [0.15, 0.2) is 24.3 Å². The number of benzene rings is 1. The van der Waals surface area contributed by atoms with E-state index in [4.69, 9.17) is 10.8 Å². The van der Waals surface area contributed by atoms with Gasteiger partial charge in [0.15, 0.2) is 0 Å². The zero-order valence-electron chi connectivity index (χ0n) is 9.15. The van der Waals surface area contributed by atoms with Gasteiger partial charge in [-0.25, -0.2) is 0 Å². The Bertz CT molecular complexity index is 273. The lowest BCUT2D eigenvalue weighted by molar-refractivity contribution is 0.289. The smallest absolute Gasteiger partial charge is 0.0441 e. The lowest BCUT2D eigenvalue weighted by Crippen LogP contribution is -2.01. The largest absolute Gasteiger partial charge is 0.399 e. The quantitative estimate of drug-likeness (QED) is 0.730. The van der Waals surface area contributed by atoms with Crippen LogP contribution in [-0.2, 0) is 6.42 Å². The van der Waals surface area contributed by atoms with Gasteiger partial charge >= 0.3 is 0 Å². The van der Waals surface area contributed by atoms with Crippen molar-refractivity contribution in [1.29, 1.82) is 0 Å². The van der Waals surface area contributed by atoms with Crippen molar-refractivity contribution in [1.82, 2.24) is 0 Å². The topological polar surface area (TPSA) is 46.2 Å². The van der Waals surface area contributed by atoms with E-state index in [9.17, 15) is 0 Å². The van der Waals surface area contributed by atoms with E-state index in [1.807, 2.05) is 23.9 Å². The molecule has 1 atom stereocenters. The molecule has 15 heavy (non-hydrogen) atoms. The van der Waals surface area contributed by atoms with Gasteiger partial charge in [-0.15, -0.1) is 0 Å². The third-order valence-corrected chi connectivity index (χ3v) is 3.55. The van der Waals surface area contributed by atoms with E-state index in [-0.39, 0.29) is 6.61 Å². The molecule has 0 aliphatic carbocycles. The summed E-state index contributed by atoms with van der Waals surface area (Å²) >= 11 is 1.91. The summed E-state index contributed by atoms with van der Waals surface area (Å²) in [6.45, 7) is 2.44. The van der Waals surface area contributed by atoms with Gasteiger partial charge in [-0.3, -0.25) is 0 Å². The molecule has 1 unspecified atom stereocenters. The molecule has 0 saturated heterocycles. The number of hydrogen-bond acceptors (Lipinski definition) is 3. The average Bonchev–Trinajstić information content (AvgIpc) is 2.21. The van der Waals surface area contributed by atoms with Crippen molar-refractivity contribution < 1.29 is 5.11 Å². The first-order valence-electron chi connectivity index (χ1n) is 5.29. The lowest BCUT2D eigenvalue weighted by Gasteiger charge is -2.09. The van der Waals surface area contributed by atoms with Crippen molar-refractivity contribution in [3.63, 3.8) is 0 Å². The highest BCUT2D eigenvalue weighted by Crippen LogP contribution is 2.16. The van der Waals surface area contributed by atoms with Gasteiger partial charge in [0.25, 0.3) is 0 Å². The summed E-state index contributed by atoms with van der Waals surface area (Å²) in [6.07, 6.45) is 1.95. The van der Waals surface area contributed by atoms with Crippen molar-refractivity contribution >= 4 is 17.4 Å². The highest BCUT2D eigenvalue weighted by molar-refractivity contribution is 7.99. The van der Waals surface area contributed by atoms with Crippen LogP contribution in [0.25, 0.3) is 0 Å². The number of anilines is 1. The summed E-state index contributed by atoms with van der Waals surface area (Å²) in [5.74, 6) is 1.10. The van der Waals surface area contributed by atoms with Crippen LogP contribution in [0.1, 0.15) is 18.9 Å². The zero-order chi connectivity index (χ0) is 11.1. The first-order chi connectivity index (χ1) is 7.22. The Labute approximate surface area is 95.9 Å². The van der Waals surface area contributed by atoms with Crippen LogP contribution < -0.4 is 5.73 Å². The molecule has 3 N–H and O–H groups in total. The van der Waals surface area contributed by atoms with Crippen molar-refractivity contribution in [3.05, 3.63) is 29.8 Å². The molecule has 0 aromatic heterocycles. The molecule has 0 radical (unpaired) electrons. The van der Waals surface area contributed by atoms with Crippen LogP contribution in [-0.4, -0.2) is 22.7 Å². The van der Waals surface area contributed by atoms with Gasteiger partial charge in [-0.1, -0.05) is 19.1 Å². The lowest BCUT2D eigenvalue weighted by atomic mass is 10.2. The van der Waals surface area contributed by atoms with Crippen LogP contribution in [0.4, 0.5) is 5.69 Å². The third kappa shape index (κ3) is 5.09. The minimum atomic E-state index is 0.288. The first-order valence-corrected chi connectivity index (χ1v) is 6.34. The van der Waals surface area contributed by atoms with Crippen LogP contribution >= 0.6 is 11.8 Å². The van der Waals surface area contributed by atoms with E-state index in [1.54, 1.807) is 0 Å². The van der Waals surface area contributed by atoms with Crippen molar-refractivity contribution in [2.45, 2.75) is 25.0 Å². The second kappa shape index (κ2) is 6.75. The van der Waals surface area contributed by atoms with Crippen molar-refractivity contribution in [3.8, 4) is 0 Å². The summed E-state index contributed by atoms with van der Waals surface area (Å²) in [4.78, 5) is 0. The Hall–Kier alpha value is -0.670. The standard InChI is InChI=1S/C12H19NOS/c1-10(6-8-14)15-9-7-11-2-4-12(13)5-3-11/h2-5,10,14H,6-9,13H2,1H3. The Morgan fingerprint density at radius 2 is 2.00 bits per heavy atom. The molecule has 1 aromatic rings. The van der Waals surface area contributed by atoms with Gasteiger partial charge in [0.2, 0.25) is 0 Å². The van der Waals surface area contributed by atoms with Gasteiger partial charge < -0.3 is 10.8 Å². The van der Waals surface area contributed by atoms with Crippen LogP contribution in [0.5, 0.6) is 0 Å². The number of nitrogens with two attached hydrogens (primary N) is 1. The second-order valence-corrected chi connectivity index (χ2v) is 5.23. The fraction of sp³-hybridized carbons (Fsp3) is 0.500. The molecule has 0 heterocycles.